The van der Waals surface area contributed by atoms with Gasteiger partial charge in [-0.1, -0.05) is 11.6 Å². The van der Waals surface area contributed by atoms with Gasteiger partial charge < -0.3 is 25.0 Å². The number of halogens is 1. The van der Waals surface area contributed by atoms with E-state index in [1.165, 1.54) is 0 Å². The number of nitrogens with one attached hydrogen (secondary N) is 2. The monoisotopic (exact) mass is 411 g/mol. The fourth-order valence-electron chi connectivity index (χ4n) is 2.99. The second-order valence-corrected chi connectivity index (χ2v) is 6.96. The van der Waals surface area contributed by atoms with Crippen LogP contribution in [0, 0.1) is 0 Å². The summed E-state index contributed by atoms with van der Waals surface area (Å²) < 4.78 is 10.7. The molecule has 1 aliphatic heterocycles. The minimum atomic E-state index is 0.507. The lowest BCUT2D eigenvalue weighted by Crippen LogP contribution is -2.36. The van der Waals surface area contributed by atoms with Crippen LogP contribution in [0.3, 0.4) is 0 Å². The van der Waals surface area contributed by atoms with Crippen LogP contribution in [0.4, 0.5) is 29.0 Å². The normalized spacial score (nSPS) is 13.8. The number of hydrogen-bond donors (Lipinski definition) is 2. The highest BCUT2D eigenvalue weighted by molar-refractivity contribution is 6.30. The first-order valence-electron chi connectivity index (χ1n) is 9.35. The lowest BCUT2D eigenvalue weighted by molar-refractivity contribution is 0.122. The van der Waals surface area contributed by atoms with Gasteiger partial charge in [0.1, 0.15) is 17.4 Å². The summed E-state index contributed by atoms with van der Waals surface area (Å²) in [6.07, 6.45) is 0. The van der Waals surface area contributed by atoms with E-state index in [-0.39, 0.29) is 0 Å². The van der Waals surface area contributed by atoms with Crippen LogP contribution in [0.2, 0.25) is 5.02 Å². The first-order chi connectivity index (χ1) is 14.2. The van der Waals surface area contributed by atoms with Gasteiger partial charge in [0.2, 0.25) is 5.95 Å². The number of rotatable bonds is 6. The average Bonchev–Trinajstić information content (AvgIpc) is 2.76. The van der Waals surface area contributed by atoms with Crippen molar-refractivity contribution in [2.75, 3.05) is 48.9 Å². The van der Waals surface area contributed by atoms with E-state index < -0.39 is 0 Å². The van der Waals surface area contributed by atoms with Crippen LogP contribution in [-0.2, 0) is 4.74 Å². The van der Waals surface area contributed by atoms with E-state index >= 15 is 0 Å². The zero-order valence-corrected chi connectivity index (χ0v) is 16.8. The molecular weight excluding hydrogens is 390 g/mol. The Morgan fingerprint density at radius 1 is 0.931 bits per heavy atom. The molecule has 0 radical (unpaired) electrons. The van der Waals surface area contributed by atoms with Crippen molar-refractivity contribution in [2.45, 2.75) is 0 Å². The van der Waals surface area contributed by atoms with Crippen LogP contribution in [0.5, 0.6) is 5.75 Å². The molecule has 0 saturated carbocycles. The fraction of sp³-hybridized carbons (Fsp3) is 0.238. The predicted octanol–water partition coefficient (Wildman–Crippen LogP) is 4.46. The largest absolute Gasteiger partial charge is 0.497 e. The van der Waals surface area contributed by atoms with Gasteiger partial charge in [-0.2, -0.15) is 9.97 Å². The van der Waals surface area contributed by atoms with Crippen LogP contribution in [-0.4, -0.2) is 43.4 Å². The Hall–Kier alpha value is -3.03. The molecule has 150 valence electrons. The smallest absolute Gasteiger partial charge is 0.231 e. The molecule has 0 atom stereocenters. The Morgan fingerprint density at radius 2 is 1.59 bits per heavy atom. The number of nitrogens with zero attached hydrogens (tertiary/aromatic N) is 3. The van der Waals surface area contributed by atoms with Gasteiger partial charge in [-0.15, -0.1) is 0 Å². The molecule has 2 N–H and O–H groups in total. The molecular formula is C21H22ClN5O2. The second-order valence-electron chi connectivity index (χ2n) is 6.52. The van der Waals surface area contributed by atoms with Gasteiger partial charge >= 0.3 is 0 Å². The number of ether oxygens (including phenoxy) is 2. The molecule has 0 unspecified atom stereocenters. The molecule has 0 aliphatic carbocycles. The van der Waals surface area contributed by atoms with E-state index in [1.54, 1.807) is 7.11 Å². The van der Waals surface area contributed by atoms with Gasteiger partial charge in [0.25, 0.3) is 0 Å². The van der Waals surface area contributed by atoms with E-state index in [2.05, 4.69) is 20.5 Å². The van der Waals surface area contributed by atoms with E-state index in [4.69, 9.17) is 26.1 Å². The van der Waals surface area contributed by atoms with Crippen molar-refractivity contribution < 1.29 is 9.47 Å². The van der Waals surface area contributed by atoms with Crippen molar-refractivity contribution in [3.8, 4) is 5.75 Å². The zero-order valence-electron chi connectivity index (χ0n) is 16.1. The van der Waals surface area contributed by atoms with Gasteiger partial charge in [0.05, 0.1) is 20.3 Å². The Balaban J connectivity index is 1.61. The van der Waals surface area contributed by atoms with Crippen LogP contribution >= 0.6 is 11.6 Å². The maximum absolute atomic E-state index is 5.98. The summed E-state index contributed by atoms with van der Waals surface area (Å²) in [7, 11) is 1.65. The van der Waals surface area contributed by atoms with E-state index in [0.29, 0.717) is 30.0 Å². The first kappa shape index (κ1) is 19.3. The van der Waals surface area contributed by atoms with E-state index in [9.17, 15) is 0 Å². The van der Waals surface area contributed by atoms with Gasteiger partial charge in [0.15, 0.2) is 0 Å². The molecule has 1 fully saturated rings. The number of methoxy groups -OCH3 is 1. The standard InChI is InChI=1S/C21H22ClN5O2/c1-28-18-8-6-16(7-9-18)23-19-14-20(27-10-12-29-13-11-27)26-21(25-19)24-17-4-2-15(22)3-5-17/h2-9,14H,10-13H2,1H3,(H2,23,24,25,26). The molecule has 8 heteroatoms. The molecule has 7 nitrogen and oxygen atoms in total. The molecule has 1 aromatic heterocycles. The second kappa shape index (κ2) is 8.98. The summed E-state index contributed by atoms with van der Waals surface area (Å²) in [4.78, 5) is 11.5. The van der Waals surface area contributed by atoms with E-state index in [0.717, 1.165) is 36.0 Å². The number of benzene rings is 2. The third kappa shape index (κ3) is 5.07. The predicted molar refractivity (Wildman–Crippen MR) is 116 cm³/mol. The molecule has 2 heterocycles. The maximum atomic E-state index is 5.98. The molecule has 3 aromatic rings. The van der Waals surface area contributed by atoms with Gasteiger partial charge in [-0.05, 0) is 48.5 Å². The summed E-state index contributed by atoms with van der Waals surface area (Å²) in [6, 6.07) is 17.1. The minimum Gasteiger partial charge on any atom is -0.497 e. The summed E-state index contributed by atoms with van der Waals surface area (Å²) in [5, 5.41) is 7.28. The summed E-state index contributed by atoms with van der Waals surface area (Å²) in [5.41, 5.74) is 1.78. The zero-order chi connectivity index (χ0) is 20.1. The van der Waals surface area contributed by atoms with Crippen LogP contribution in [0.15, 0.2) is 54.6 Å². The average molecular weight is 412 g/mol. The van der Waals surface area contributed by atoms with Crippen LogP contribution < -0.4 is 20.3 Å². The van der Waals surface area contributed by atoms with E-state index in [1.807, 2.05) is 54.6 Å². The molecule has 29 heavy (non-hydrogen) atoms. The quantitative estimate of drug-likeness (QED) is 0.620. The number of hydrogen-bond acceptors (Lipinski definition) is 7. The van der Waals surface area contributed by atoms with Crippen molar-refractivity contribution >= 4 is 40.6 Å². The van der Waals surface area contributed by atoms with Crippen molar-refractivity contribution in [3.05, 3.63) is 59.6 Å². The number of morpholine rings is 1. The highest BCUT2D eigenvalue weighted by atomic mass is 35.5. The highest BCUT2D eigenvalue weighted by Gasteiger charge is 2.15. The summed E-state index contributed by atoms with van der Waals surface area (Å²) in [5.74, 6) is 2.85. The first-order valence-corrected chi connectivity index (χ1v) is 9.73. The highest BCUT2D eigenvalue weighted by Crippen LogP contribution is 2.25. The molecule has 0 amide bonds. The van der Waals surface area contributed by atoms with Gasteiger partial charge in [-0.3, -0.25) is 0 Å². The third-order valence-corrected chi connectivity index (χ3v) is 4.76. The van der Waals surface area contributed by atoms with Crippen molar-refractivity contribution in [3.63, 3.8) is 0 Å². The summed E-state index contributed by atoms with van der Waals surface area (Å²) in [6.45, 7) is 2.95. The number of aromatic nitrogens is 2. The third-order valence-electron chi connectivity index (χ3n) is 4.51. The Kier molecular flexibility index (Phi) is 5.97. The topological polar surface area (TPSA) is 71.5 Å². The van der Waals surface area contributed by atoms with Gasteiger partial charge in [-0.25, -0.2) is 0 Å². The minimum absolute atomic E-state index is 0.507. The molecule has 2 aromatic carbocycles. The lowest BCUT2D eigenvalue weighted by atomic mass is 10.3. The van der Waals surface area contributed by atoms with Crippen molar-refractivity contribution in [2.24, 2.45) is 0 Å². The van der Waals surface area contributed by atoms with Crippen molar-refractivity contribution in [1.29, 1.82) is 0 Å². The Morgan fingerprint density at radius 3 is 2.28 bits per heavy atom. The van der Waals surface area contributed by atoms with Crippen LogP contribution in [0.1, 0.15) is 0 Å². The molecule has 4 rings (SSSR count). The molecule has 0 bridgehead atoms. The molecule has 1 aliphatic rings. The Labute approximate surface area is 174 Å². The Bertz CT molecular complexity index is 944. The fourth-order valence-corrected chi connectivity index (χ4v) is 3.12. The number of anilines is 5. The lowest BCUT2D eigenvalue weighted by Gasteiger charge is -2.28. The van der Waals surface area contributed by atoms with Gasteiger partial charge in [0, 0.05) is 35.6 Å². The maximum Gasteiger partial charge on any atom is 0.231 e. The van der Waals surface area contributed by atoms with Crippen molar-refractivity contribution in [1.82, 2.24) is 9.97 Å². The molecule has 0 spiro atoms. The summed E-state index contributed by atoms with van der Waals surface area (Å²) >= 11 is 5.98. The molecule has 1 saturated heterocycles. The SMILES string of the molecule is COc1ccc(Nc2cc(N3CCOCC3)nc(Nc3ccc(Cl)cc3)n2)cc1. The van der Waals surface area contributed by atoms with Crippen LogP contribution in [0.25, 0.3) is 0 Å².